The number of carbonyl (C=O) groups is 1. The van der Waals surface area contributed by atoms with Gasteiger partial charge in [-0.2, -0.15) is 0 Å². The van der Waals surface area contributed by atoms with Gasteiger partial charge in [-0.25, -0.2) is 0 Å². The van der Waals surface area contributed by atoms with E-state index in [1.807, 2.05) is 18.2 Å². The van der Waals surface area contributed by atoms with E-state index in [-0.39, 0.29) is 17.4 Å². The number of phenolic OH excluding ortho intramolecular Hbond substituents is 1. The first-order valence-electron chi connectivity index (χ1n) is 7.76. The summed E-state index contributed by atoms with van der Waals surface area (Å²) in [4.78, 5) is 12.1. The molecule has 0 fully saturated rings. The molecule has 26 heavy (non-hydrogen) atoms. The Morgan fingerprint density at radius 1 is 1.27 bits per heavy atom. The number of ether oxygens (including phenoxy) is 1. The number of benzene rings is 2. The van der Waals surface area contributed by atoms with E-state index in [1.165, 1.54) is 6.07 Å². The summed E-state index contributed by atoms with van der Waals surface area (Å²) < 4.78 is 10.9. The third kappa shape index (κ3) is 4.15. The Labute approximate surface area is 154 Å². The number of methoxy groups -OCH3 is 1. The van der Waals surface area contributed by atoms with E-state index in [0.29, 0.717) is 33.7 Å². The Balaban J connectivity index is 1.61. The second-order valence-electron chi connectivity index (χ2n) is 5.41. The van der Waals surface area contributed by atoms with Crippen LogP contribution in [0.15, 0.2) is 52.1 Å². The molecule has 0 aliphatic carbocycles. The molecule has 134 valence electrons. The standard InChI is InChI=1S/C18H17N3O4S/c1-11-9-12(7-8-14(11)22)19-16(23)10-26-18-21-20-17(25-18)13-5-3-4-6-15(13)24-2/h3-9,22H,10H2,1-2H3,(H,19,23). The number of carbonyl (C=O) groups excluding carboxylic acids is 1. The maximum atomic E-state index is 12.1. The fraction of sp³-hybridized carbons (Fsp3) is 0.167. The normalized spacial score (nSPS) is 10.5. The molecule has 7 nitrogen and oxygen atoms in total. The summed E-state index contributed by atoms with van der Waals surface area (Å²) in [5, 5.41) is 20.5. The van der Waals surface area contributed by atoms with E-state index in [9.17, 15) is 9.90 Å². The number of nitrogens with zero attached hydrogens (tertiary/aromatic N) is 2. The number of hydrogen-bond donors (Lipinski definition) is 2. The molecule has 3 aromatic rings. The van der Waals surface area contributed by atoms with Gasteiger partial charge in [-0.15, -0.1) is 10.2 Å². The molecule has 0 saturated carbocycles. The van der Waals surface area contributed by atoms with Gasteiger partial charge in [0.25, 0.3) is 11.1 Å². The summed E-state index contributed by atoms with van der Waals surface area (Å²) in [6.45, 7) is 1.76. The molecular weight excluding hydrogens is 354 g/mol. The third-order valence-corrected chi connectivity index (χ3v) is 4.37. The zero-order valence-electron chi connectivity index (χ0n) is 14.2. The van der Waals surface area contributed by atoms with Gasteiger partial charge < -0.3 is 19.6 Å². The highest BCUT2D eigenvalue weighted by Gasteiger charge is 2.14. The van der Waals surface area contributed by atoms with Crippen LogP contribution in [-0.4, -0.2) is 34.1 Å². The van der Waals surface area contributed by atoms with Crippen molar-refractivity contribution in [1.29, 1.82) is 0 Å². The van der Waals surface area contributed by atoms with Gasteiger partial charge >= 0.3 is 0 Å². The molecule has 0 spiro atoms. The summed E-state index contributed by atoms with van der Waals surface area (Å²) in [5.74, 6) is 1.06. The maximum absolute atomic E-state index is 12.1. The second-order valence-corrected chi connectivity index (χ2v) is 6.34. The number of aromatic hydroxyl groups is 1. The molecule has 2 aromatic carbocycles. The van der Waals surface area contributed by atoms with Gasteiger partial charge in [0.15, 0.2) is 0 Å². The first kappa shape index (κ1) is 17.8. The van der Waals surface area contributed by atoms with Crippen LogP contribution in [0.2, 0.25) is 0 Å². The van der Waals surface area contributed by atoms with Crippen LogP contribution in [0.4, 0.5) is 5.69 Å². The molecule has 0 atom stereocenters. The van der Waals surface area contributed by atoms with Crippen molar-refractivity contribution in [3.8, 4) is 23.0 Å². The first-order valence-corrected chi connectivity index (χ1v) is 8.74. The lowest BCUT2D eigenvalue weighted by Gasteiger charge is -2.06. The Hall–Kier alpha value is -3.00. The number of hydrogen-bond acceptors (Lipinski definition) is 7. The third-order valence-electron chi connectivity index (χ3n) is 3.55. The zero-order chi connectivity index (χ0) is 18.5. The molecule has 3 rings (SSSR count). The Morgan fingerprint density at radius 3 is 2.85 bits per heavy atom. The van der Waals surface area contributed by atoms with Crippen molar-refractivity contribution in [3.05, 3.63) is 48.0 Å². The lowest BCUT2D eigenvalue weighted by atomic mass is 10.2. The molecule has 0 aliphatic heterocycles. The largest absolute Gasteiger partial charge is 0.508 e. The minimum atomic E-state index is -0.211. The number of para-hydroxylation sites is 1. The molecule has 1 aromatic heterocycles. The smallest absolute Gasteiger partial charge is 0.277 e. The van der Waals surface area contributed by atoms with Crippen molar-refractivity contribution >= 4 is 23.4 Å². The molecule has 0 radical (unpaired) electrons. The minimum absolute atomic E-state index is 0.119. The van der Waals surface area contributed by atoms with Crippen molar-refractivity contribution in [3.63, 3.8) is 0 Å². The Bertz CT molecular complexity index is 926. The van der Waals surface area contributed by atoms with Gasteiger partial charge in [0.05, 0.1) is 18.4 Å². The van der Waals surface area contributed by atoms with Gasteiger partial charge in [0, 0.05) is 5.69 Å². The number of anilines is 1. The number of aromatic nitrogens is 2. The lowest BCUT2D eigenvalue weighted by Crippen LogP contribution is -2.14. The van der Waals surface area contributed by atoms with Crippen LogP contribution in [-0.2, 0) is 4.79 Å². The predicted molar refractivity (Wildman–Crippen MR) is 98.5 cm³/mol. The maximum Gasteiger partial charge on any atom is 0.277 e. The van der Waals surface area contributed by atoms with Crippen LogP contribution in [0.25, 0.3) is 11.5 Å². The highest BCUT2D eigenvalue weighted by molar-refractivity contribution is 7.99. The zero-order valence-corrected chi connectivity index (χ0v) is 15.0. The number of thioether (sulfide) groups is 1. The van der Waals surface area contributed by atoms with Crippen molar-refractivity contribution in [2.24, 2.45) is 0 Å². The van der Waals surface area contributed by atoms with Crippen LogP contribution in [0.5, 0.6) is 11.5 Å². The lowest BCUT2D eigenvalue weighted by molar-refractivity contribution is -0.113. The molecule has 8 heteroatoms. The molecule has 1 amide bonds. The van der Waals surface area contributed by atoms with E-state index >= 15 is 0 Å². The van der Waals surface area contributed by atoms with Crippen molar-refractivity contribution < 1.29 is 19.1 Å². The highest BCUT2D eigenvalue weighted by Crippen LogP contribution is 2.30. The van der Waals surface area contributed by atoms with Gasteiger partial charge in [-0.1, -0.05) is 23.9 Å². The van der Waals surface area contributed by atoms with Crippen LogP contribution in [0, 0.1) is 6.92 Å². The molecule has 1 heterocycles. The van der Waals surface area contributed by atoms with E-state index in [2.05, 4.69) is 15.5 Å². The number of nitrogens with one attached hydrogen (secondary N) is 1. The minimum Gasteiger partial charge on any atom is -0.508 e. The van der Waals surface area contributed by atoms with E-state index in [4.69, 9.17) is 9.15 Å². The number of amides is 1. The van der Waals surface area contributed by atoms with Crippen LogP contribution in [0.3, 0.4) is 0 Å². The number of rotatable bonds is 6. The molecule has 0 saturated heterocycles. The fourth-order valence-electron chi connectivity index (χ4n) is 2.26. The summed E-state index contributed by atoms with van der Waals surface area (Å²) in [5.41, 5.74) is 2.00. The molecule has 0 unspecified atom stereocenters. The van der Waals surface area contributed by atoms with Crippen LogP contribution >= 0.6 is 11.8 Å². The molecular formula is C18H17N3O4S. The van der Waals surface area contributed by atoms with Crippen LogP contribution in [0.1, 0.15) is 5.56 Å². The van der Waals surface area contributed by atoms with Gasteiger partial charge in [-0.3, -0.25) is 4.79 Å². The highest BCUT2D eigenvalue weighted by atomic mass is 32.2. The van der Waals surface area contributed by atoms with Gasteiger partial charge in [-0.05, 0) is 42.8 Å². The second kappa shape index (κ2) is 7.92. The fourth-order valence-corrected chi connectivity index (χ4v) is 2.82. The topological polar surface area (TPSA) is 97.5 Å². The molecule has 0 aliphatic rings. The molecule has 0 bridgehead atoms. The average molecular weight is 371 g/mol. The summed E-state index contributed by atoms with van der Waals surface area (Å²) in [6, 6.07) is 12.2. The van der Waals surface area contributed by atoms with Gasteiger partial charge in [0.1, 0.15) is 11.5 Å². The summed E-state index contributed by atoms with van der Waals surface area (Å²) >= 11 is 1.14. The van der Waals surface area contributed by atoms with E-state index in [1.54, 1.807) is 32.2 Å². The van der Waals surface area contributed by atoms with Gasteiger partial charge in [0.2, 0.25) is 5.91 Å². The predicted octanol–water partition coefficient (Wildman–Crippen LogP) is 3.49. The summed E-state index contributed by atoms with van der Waals surface area (Å²) in [7, 11) is 1.57. The number of aryl methyl sites for hydroxylation is 1. The monoisotopic (exact) mass is 371 g/mol. The molecule has 2 N–H and O–H groups in total. The Kier molecular flexibility index (Phi) is 5.43. The van der Waals surface area contributed by atoms with E-state index in [0.717, 1.165) is 11.8 Å². The summed E-state index contributed by atoms with van der Waals surface area (Å²) in [6.07, 6.45) is 0. The quantitative estimate of drug-likeness (QED) is 0.505. The van der Waals surface area contributed by atoms with Crippen molar-refractivity contribution in [2.45, 2.75) is 12.1 Å². The SMILES string of the molecule is COc1ccccc1-c1nnc(SCC(=O)Nc2ccc(O)c(C)c2)o1. The average Bonchev–Trinajstić information content (AvgIpc) is 3.12. The van der Waals surface area contributed by atoms with E-state index < -0.39 is 0 Å². The van der Waals surface area contributed by atoms with Crippen LogP contribution < -0.4 is 10.1 Å². The number of phenols is 1. The van der Waals surface area contributed by atoms with Crippen molar-refractivity contribution in [2.75, 3.05) is 18.2 Å². The Morgan fingerprint density at radius 2 is 2.08 bits per heavy atom. The van der Waals surface area contributed by atoms with Crippen molar-refractivity contribution in [1.82, 2.24) is 10.2 Å². The first-order chi connectivity index (χ1) is 12.6.